The number of carbonyl (C=O) groups is 1. The third kappa shape index (κ3) is 9.22. The van der Waals surface area contributed by atoms with Crippen LogP contribution in [0, 0.1) is 6.92 Å². The molecule has 1 N–H and O–H groups in total. The molecular weight excluding hydrogens is 613 g/mol. The zero-order valence-electron chi connectivity index (χ0n) is 23.6. The topological polar surface area (TPSA) is 93.4 Å². The minimum absolute atomic E-state index is 0.0356. The number of anilines is 1. The van der Waals surface area contributed by atoms with E-state index in [1.165, 1.54) is 14.0 Å². The molecule has 0 aliphatic carbocycles. The van der Waals surface area contributed by atoms with Gasteiger partial charge in [0.25, 0.3) is 5.95 Å². The van der Waals surface area contributed by atoms with Crippen molar-refractivity contribution < 1.29 is 54.2 Å². The van der Waals surface area contributed by atoms with E-state index < -0.39 is 65.9 Å². The van der Waals surface area contributed by atoms with Gasteiger partial charge in [0.1, 0.15) is 5.75 Å². The molecule has 0 fully saturated rings. The van der Waals surface area contributed by atoms with Gasteiger partial charge in [0.05, 0.1) is 29.8 Å². The van der Waals surface area contributed by atoms with E-state index in [4.69, 9.17) is 9.84 Å². The van der Waals surface area contributed by atoms with Gasteiger partial charge in [0.2, 0.25) is 0 Å². The molecule has 1 heterocycles. The van der Waals surface area contributed by atoms with E-state index in [2.05, 4.69) is 15.4 Å². The van der Waals surface area contributed by atoms with Crippen LogP contribution >= 0.6 is 0 Å². The van der Waals surface area contributed by atoms with Crippen molar-refractivity contribution in [2.75, 3.05) is 4.90 Å². The summed E-state index contributed by atoms with van der Waals surface area (Å²) in [5.41, 5.74) is -4.96. The van der Waals surface area contributed by atoms with Crippen LogP contribution < -0.4 is 9.64 Å². The van der Waals surface area contributed by atoms with E-state index in [-0.39, 0.29) is 48.2 Å². The van der Waals surface area contributed by atoms with Crippen LogP contribution in [0.5, 0.6) is 5.75 Å². The van der Waals surface area contributed by atoms with Gasteiger partial charge >= 0.3 is 24.5 Å². The minimum Gasteiger partial charge on any atom is -0.490 e. The summed E-state index contributed by atoms with van der Waals surface area (Å²) in [5, 5.41) is 20.3. The molecule has 44 heavy (non-hydrogen) atoms. The summed E-state index contributed by atoms with van der Waals surface area (Å²) in [4.78, 5) is 13.0. The van der Waals surface area contributed by atoms with Crippen molar-refractivity contribution in [3.63, 3.8) is 0 Å². The smallest absolute Gasteiger partial charge is 0.416 e. The first-order chi connectivity index (χ1) is 20.3. The number of carboxylic acid groups (broad SMARTS) is 1. The number of aromatic nitrogens is 4. The van der Waals surface area contributed by atoms with Crippen LogP contribution in [0.3, 0.4) is 0 Å². The van der Waals surface area contributed by atoms with Gasteiger partial charge in [-0.3, -0.25) is 4.79 Å². The van der Waals surface area contributed by atoms with Crippen molar-refractivity contribution in [1.29, 1.82) is 0 Å². The van der Waals surface area contributed by atoms with Gasteiger partial charge in [-0.15, -0.1) is 5.10 Å². The number of rotatable bonds is 12. The van der Waals surface area contributed by atoms with Crippen molar-refractivity contribution in [2.24, 2.45) is 7.05 Å². The van der Waals surface area contributed by atoms with E-state index >= 15 is 0 Å². The molecule has 242 valence electrons. The molecule has 0 saturated carbocycles. The normalized spacial score (nSPS) is 13.2. The number of nitrogens with zero attached hydrogens (tertiary/aromatic N) is 5. The second-order valence-corrected chi connectivity index (χ2v) is 10.1. The molecule has 0 bridgehead atoms. The lowest BCUT2D eigenvalue weighted by molar-refractivity contribution is -0.143. The fourth-order valence-electron chi connectivity index (χ4n) is 4.41. The Morgan fingerprint density at radius 3 is 2.05 bits per heavy atom. The lowest BCUT2D eigenvalue weighted by atomic mass is 10.0. The molecule has 1 aromatic heterocycles. The van der Waals surface area contributed by atoms with Gasteiger partial charge in [0.15, 0.2) is 0 Å². The molecular formula is C27H28F9N5O3. The van der Waals surface area contributed by atoms with Crippen LogP contribution in [0.4, 0.5) is 45.5 Å². The molecule has 2 aromatic carbocycles. The molecule has 17 heteroatoms. The fourth-order valence-corrected chi connectivity index (χ4v) is 4.41. The molecule has 1 unspecified atom stereocenters. The summed E-state index contributed by atoms with van der Waals surface area (Å²) in [5.74, 6) is -1.36. The van der Waals surface area contributed by atoms with E-state index in [0.29, 0.717) is 18.6 Å². The Hall–Kier alpha value is -4.05. The first-order valence-electron chi connectivity index (χ1n) is 13.1. The first-order valence-corrected chi connectivity index (χ1v) is 13.1. The summed E-state index contributed by atoms with van der Waals surface area (Å²) < 4.78 is 129. The fraction of sp³-hybridized carbons (Fsp3) is 0.481. The highest BCUT2D eigenvalue weighted by Crippen LogP contribution is 2.39. The predicted octanol–water partition coefficient (Wildman–Crippen LogP) is 7.19. The SMILES string of the molecule is CCC(CCCC(=O)O)Oc1cc(C)c(C(F)(F)F)cc1CN(Cc1cc(C(F)(F)F)cc(C(F)(F)F)c1)c1nnn(C)n1. The Morgan fingerprint density at radius 1 is 0.955 bits per heavy atom. The highest BCUT2D eigenvalue weighted by Gasteiger charge is 2.37. The highest BCUT2D eigenvalue weighted by molar-refractivity contribution is 5.66. The zero-order chi connectivity index (χ0) is 33.0. The van der Waals surface area contributed by atoms with Crippen molar-refractivity contribution in [3.8, 4) is 5.75 Å². The maximum Gasteiger partial charge on any atom is 0.416 e. The second-order valence-electron chi connectivity index (χ2n) is 10.1. The molecule has 0 spiro atoms. The van der Waals surface area contributed by atoms with Crippen molar-refractivity contribution >= 4 is 11.9 Å². The summed E-state index contributed by atoms with van der Waals surface area (Å²) >= 11 is 0. The van der Waals surface area contributed by atoms with E-state index in [1.807, 2.05) is 0 Å². The van der Waals surface area contributed by atoms with Crippen LogP contribution in [0.2, 0.25) is 0 Å². The first kappa shape index (κ1) is 34.4. The monoisotopic (exact) mass is 641 g/mol. The van der Waals surface area contributed by atoms with E-state index in [0.717, 1.165) is 21.8 Å². The largest absolute Gasteiger partial charge is 0.490 e. The third-order valence-corrected chi connectivity index (χ3v) is 6.54. The zero-order valence-corrected chi connectivity index (χ0v) is 23.6. The number of benzene rings is 2. The highest BCUT2D eigenvalue weighted by atomic mass is 19.4. The van der Waals surface area contributed by atoms with Crippen LogP contribution in [0.15, 0.2) is 30.3 Å². The van der Waals surface area contributed by atoms with Crippen LogP contribution in [-0.2, 0) is 43.5 Å². The van der Waals surface area contributed by atoms with Gasteiger partial charge in [-0.2, -0.15) is 44.3 Å². The number of ether oxygens (including phenoxy) is 1. The van der Waals surface area contributed by atoms with E-state index in [9.17, 15) is 44.3 Å². The van der Waals surface area contributed by atoms with E-state index in [1.54, 1.807) is 6.92 Å². The number of hydrogen-bond donors (Lipinski definition) is 1. The molecule has 0 radical (unpaired) electrons. The average molecular weight is 642 g/mol. The quantitative estimate of drug-likeness (QED) is 0.209. The van der Waals surface area contributed by atoms with Crippen molar-refractivity contribution in [3.05, 3.63) is 63.7 Å². The lowest BCUT2D eigenvalue weighted by Gasteiger charge is -2.26. The molecule has 3 aromatic rings. The Morgan fingerprint density at radius 2 is 1.57 bits per heavy atom. The minimum atomic E-state index is -5.12. The number of aliphatic carboxylic acids is 1. The lowest BCUT2D eigenvalue weighted by Crippen LogP contribution is -2.26. The van der Waals surface area contributed by atoms with Gasteiger partial charge in [-0.05, 0) is 72.9 Å². The molecule has 8 nitrogen and oxygen atoms in total. The average Bonchev–Trinajstić information content (AvgIpc) is 3.33. The molecule has 0 amide bonds. The van der Waals surface area contributed by atoms with Gasteiger partial charge in [0, 0.05) is 25.1 Å². The van der Waals surface area contributed by atoms with Gasteiger partial charge in [-0.25, -0.2) is 0 Å². The summed E-state index contributed by atoms with van der Waals surface area (Å²) in [6.45, 7) is 1.72. The number of hydrogen-bond acceptors (Lipinski definition) is 6. The van der Waals surface area contributed by atoms with Gasteiger partial charge < -0.3 is 14.7 Å². The summed E-state index contributed by atoms with van der Waals surface area (Å²) in [6, 6.07) is 2.88. The maximum atomic E-state index is 13.9. The number of carboxylic acids is 1. The molecule has 0 saturated heterocycles. The number of tetrazole rings is 1. The maximum absolute atomic E-state index is 13.9. The molecule has 3 rings (SSSR count). The second kappa shape index (κ2) is 13.3. The molecule has 0 aliphatic rings. The number of halogens is 9. The van der Waals surface area contributed by atoms with Crippen molar-refractivity contribution in [2.45, 2.75) is 77.3 Å². The van der Waals surface area contributed by atoms with Gasteiger partial charge in [-0.1, -0.05) is 12.0 Å². The standard InChI is InChI=1S/C27H28F9N5O3/c1-4-20(6-5-7-23(42)43)44-22-8-15(2)21(27(34,35)36)11-17(22)14-41(24-37-39-40(3)38-24)13-16-9-18(25(28,29)30)12-19(10-16)26(31,32)33/h8-12,20H,4-7,13-14H2,1-3H3,(H,42,43). The molecule has 0 aliphatic heterocycles. The number of alkyl halides is 9. The summed E-state index contributed by atoms with van der Waals surface area (Å²) in [6.07, 6.45) is -15.0. The Kier molecular flexibility index (Phi) is 10.4. The van der Waals surface area contributed by atoms with Crippen LogP contribution in [0.25, 0.3) is 0 Å². The van der Waals surface area contributed by atoms with Crippen molar-refractivity contribution in [1.82, 2.24) is 20.2 Å². The number of aryl methyl sites for hydroxylation is 2. The molecule has 1 atom stereocenters. The predicted molar refractivity (Wildman–Crippen MR) is 138 cm³/mol. The Bertz CT molecular complexity index is 1420. The van der Waals surface area contributed by atoms with Crippen LogP contribution in [0.1, 0.15) is 66.0 Å². The summed E-state index contributed by atoms with van der Waals surface area (Å²) in [7, 11) is 1.34. The third-order valence-electron chi connectivity index (χ3n) is 6.54. The Balaban J connectivity index is 2.11. The Labute approximate surface area is 245 Å². The van der Waals surface area contributed by atoms with Crippen LogP contribution in [-0.4, -0.2) is 37.4 Å².